The lowest BCUT2D eigenvalue weighted by Crippen LogP contribution is -2.14. The summed E-state index contributed by atoms with van der Waals surface area (Å²) in [4.78, 5) is 16.6. The van der Waals surface area contributed by atoms with Crippen molar-refractivity contribution in [3.63, 3.8) is 0 Å². The summed E-state index contributed by atoms with van der Waals surface area (Å²) in [6.45, 7) is 2.64. The minimum absolute atomic E-state index is 0.281. The Morgan fingerprint density at radius 1 is 1.11 bits per heavy atom. The van der Waals surface area contributed by atoms with Gasteiger partial charge in [0.05, 0.1) is 7.11 Å². The molecule has 28 heavy (non-hydrogen) atoms. The van der Waals surface area contributed by atoms with Crippen molar-refractivity contribution in [1.82, 2.24) is 4.98 Å². The molecular weight excluding hydrogens is 374 g/mol. The number of halogens is 1. The van der Waals surface area contributed by atoms with Gasteiger partial charge in [0.15, 0.2) is 0 Å². The van der Waals surface area contributed by atoms with Crippen LogP contribution >= 0.6 is 11.6 Å². The summed E-state index contributed by atoms with van der Waals surface area (Å²) >= 11 is 6.11. The molecule has 5 nitrogen and oxygen atoms in total. The first-order valence-electron chi connectivity index (χ1n) is 8.95. The number of aryl methyl sites for hydroxylation is 1. The Morgan fingerprint density at radius 3 is 2.75 bits per heavy atom. The normalized spacial score (nSPS) is 10.4. The fourth-order valence-electron chi connectivity index (χ4n) is 2.71. The summed E-state index contributed by atoms with van der Waals surface area (Å²) in [6.07, 6.45) is 2.45. The summed E-state index contributed by atoms with van der Waals surface area (Å²) in [6, 6.07) is 16.9. The van der Waals surface area contributed by atoms with Crippen molar-refractivity contribution in [2.75, 3.05) is 24.3 Å². The number of hydrogen-bond acceptors (Lipinski definition) is 4. The maximum Gasteiger partial charge on any atom is 0.274 e. The lowest BCUT2D eigenvalue weighted by molar-refractivity contribution is 0.102. The van der Waals surface area contributed by atoms with E-state index in [9.17, 15) is 4.79 Å². The van der Waals surface area contributed by atoms with Crippen LogP contribution in [-0.2, 0) is 6.42 Å². The van der Waals surface area contributed by atoms with Gasteiger partial charge in [-0.05, 0) is 60.9 Å². The van der Waals surface area contributed by atoms with Crippen molar-refractivity contribution >= 4 is 28.9 Å². The highest BCUT2D eigenvalue weighted by atomic mass is 35.5. The Balaban J connectivity index is 1.59. The van der Waals surface area contributed by atoms with Gasteiger partial charge in [0.25, 0.3) is 5.91 Å². The second kappa shape index (κ2) is 9.24. The lowest BCUT2D eigenvalue weighted by atomic mass is 10.1. The van der Waals surface area contributed by atoms with Gasteiger partial charge in [0.2, 0.25) is 0 Å². The zero-order valence-electron chi connectivity index (χ0n) is 15.8. The number of rotatable bonds is 7. The third-order valence-corrected chi connectivity index (χ3v) is 4.71. The van der Waals surface area contributed by atoms with E-state index in [2.05, 4.69) is 21.7 Å². The van der Waals surface area contributed by atoms with Crippen LogP contribution in [0.5, 0.6) is 5.75 Å². The number of pyridine rings is 1. The average molecular weight is 396 g/mol. The number of nitrogens with one attached hydrogen (secondary N) is 2. The molecule has 144 valence electrons. The number of amides is 1. The number of aromatic nitrogens is 1. The van der Waals surface area contributed by atoms with E-state index >= 15 is 0 Å². The van der Waals surface area contributed by atoms with Crippen LogP contribution in [0, 0.1) is 6.92 Å². The van der Waals surface area contributed by atoms with Crippen molar-refractivity contribution < 1.29 is 9.53 Å². The van der Waals surface area contributed by atoms with Gasteiger partial charge in [0.1, 0.15) is 11.4 Å². The van der Waals surface area contributed by atoms with Crippen molar-refractivity contribution in [2.45, 2.75) is 13.3 Å². The van der Waals surface area contributed by atoms with Crippen LogP contribution in [-0.4, -0.2) is 24.5 Å². The summed E-state index contributed by atoms with van der Waals surface area (Å²) in [5.41, 5.74) is 3.95. The van der Waals surface area contributed by atoms with E-state index in [-0.39, 0.29) is 5.91 Å². The number of hydrogen-bond donors (Lipinski definition) is 2. The van der Waals surface area contributed by atoms with Crippen molar-refractivity contribution in [3.05, 3.63) is 82.6 Å². The van der Waals surface area contributed by atoms with E-state index < -0.39 is 0 Å². The smallest absolute Gasteiger partial charge is 0.274 e. The number of carbonyl (C=O) groups excluding carboxylic acids is 1. The molecule has 0 spiro atoms. The molecular formula is C22H22ClN3O2. The van der Waals surface area contributed by atoms with Crippen LogP contribution in [0.15, 0.2) is 60.8 Å². The monoisotopic (exact) mass is 395 g/mol. The molecule has 0 saturated heterocycles. The predicted molar refractivity (Wildman–Crippen MR) is 114 cm³/mol. The maximum absolute atomic E-state index is 12.5. The Morgan fingerprint density at radius 2 is 1.96 bits per heavy atom. The van der Waals surface area contributed by atoms with Crippen molar-refractivity contribution in [1.29, 1.82) is 0 Å². The Kier molecular flexibility index (Phi) is 6.50. The third kappa shape index (κ3) is 5.24. The molecule has 6 heteroatoms. The molecule has 3 rings (SSSR count). The molecule has 0 aliphatic carbocycles. The van der Waals surface area contributed by atoms with Gasteiger partial charge in [-0.2, -0.15) is 0 Å². The molecule has 0 radical (unpaired) electrons. The van der Waals surface area contributed by atoms with Gasteiger partial charge < -0.3 is 15.4 Å². The molecule has 1 aromatic heterocycles. The third-order valence-electron chi connectivity index (χ3n) is 4.30. The average Bonchev–Trinajstić information content (AvgIpc) is 2.71. The number of ether oxygens (including phenoxy) is 1. The second-order valence-electron chi connectivity index (χ2n) is 6.38. The molecule has 1 heterocycles. The van der Waals surface area contributed by atoms with E-state index in [1.54, 1.807) is 25.4 Å². The fraction of sp³-hybridized carbons (Fsp3) is 0.182. The van der Waals surface area contributed by atoms with Crippen LogP contribution in [0.25, 0.3) is 0 Å². The number of benzene rings is 2. The van der Waals surface area contributed by atoms with Gasteiger partial charge in [-0.25, -0.2) is 0 Å². The first-order chi connectivity index (χ1) is 13.5. The summed E-state index contributed by atoms with van der Waals surface area (Å²) < 4.78 is 5.24. The molecule has 0 aliphatic rings. The topological polar surface area (TPSA) is 63.2 Å². The zero-order chi connectivity index (χ0) is 19.9. The fourth-order valence-corrected chi connectivity index (χ4v) is 2.89. The minimum Gasteiger partial charge on any atom is -0.497 e. The quantitative estimate of drug-likeness (QED) is 0.593. The molecule has 0 saturated carbocycles. The van der Waals surface area contributed by atoms with E-state index in [0.717, 1.165) is 30.0 Å². The molecule has 0 aliphatic heterocycles. The van der Waals surface area contributed by atoms with Gasteiger partial charge in [-0.1, -0.05) is 29.8 Å². The van der Waals surface area contributed by atoms with Crippen LogP contribution < -0.4 is 15.4 Å². The van der Waals surface area contributed by atoms with Crippen LogP contribution in [0.2, 0.25) is 5.02 Å². The summed E-state index contributed by atoms with van der Waals surface area (Å²) in [7, 11) is 1.66. The SMILES string of the molecule is COc1cccc(CCNc2ccnc(C(=O)Nc3ccc(C)c(Cl)c3)c2)c1. The first-order valence-corrected chi connectivity index (χ1v) is 9.33. The predicted octanol–water partition coefficient (Wildman–Crippen LogP) is 4.96. The van der Waals surface area contributed by atoms with E-state index in [1.165, 1.54) is 5.56 Å². The number of nitrogens with zero attached hydrogens (tertiary/aromatic N) is 1. The van der Waals surface area contributed by atoms with Gasteiger partial charge in [-0.15, -0.1) is 0 Å². The summed E-state index contributed by atoms with van der Waals surface area (Å²) in [5, 5.41) is 6.75. The van der Waals surface area contributed by atoms with E-state index in [0.29, 0.717) is 16.4 Å². The van der Waals surface area contributed by atoms with Crippen LogP contribution in [0.1, 0.15) is 21.6 Å². The first kappa shape index (κ1) is 19.7. The molecule has 2 N–H and O–H groups in total. The Labute approximate surface area is 169 Å². The Hall–Kier alpha value is -3.05. The largest absolute Gasteiger partial charge is 0.497 e. The van der Waals surface area contributed by atoms with Gasteiger partial charge in [0, 0.05) is 29.1 Å². The molecule has 0 fully saturated rings. The molecule has 0 bridgehead atoms. The van der Waals surface area contributed by atoms with Crippen molar-refractivity contribution in [2.24, 2.45) is 0 Å². The van der Waals surface area contributed by atoms with Crippen molar-refractivity contribution in [3.8, 4) is 5.75 Å². The van der Waals surface area contributed by atoms with Crippen LogP contribution in [0.3, 0.4) is 0 Å². The molecule has 3 aromatic rings. The highest BCUT2D eigenvalue weighted by Gasteiger charge is 2.09. The molecule has 1 amide bonds. The second-order valence-corrected chi connectivity index (χ2v) is 6.78. The van der Waals surface area contributed by atoms with E-state index in [4.69, 9.17) is 16.3 Å². The molecule has 0 unspecified atom stereocenters. The highest BCUT2D eigenvalue weighted by molar-refractivity contribution is 6.31. The number of carbonyl (C=O) groups is 1. The summed E-state index contributed by atoms with van der Waals surface area (Å²) in [5.74, 6) is 0.563. The van der Waals surface area contributed by atoms with E-state index in [1.807, 2.05) is 43.3 Å². The Bertz CT molecular complexity index is 976. The zero-order valence-corrected chi connectivity index (χ0v) is 16.6. The van der Waals surface area contributed by atoms with Crippen LogP contribution in [0.4, 0.5) is 11.4 Å². The highest BCUT2D eigenvalue weighted by Crippen LogP contribution is 2.20. The van der Waals surface area contributed by atoms with Gasteiger partial charge >= 0.3 is 0 Å². The van der Waals surface area contributed by atoms with Gasteiger partial charge in [-0.3, -0.25) is 9.78 Å². The molecule has 2 aromatic carbocycles. The molecule has 0 atom stereocenters. The number of methoxy groups -OCH3 is 1. The standard InChI is InChI=1S/C22H22ClN3O2/c1-15-6-7-18(13-20(15)23)26-22(27)21-14-17(9-11-25-21)24-10-8-16-4-3-5-19(12-16)28-2/h3-7,9,11-14H,8,10H2,1-2H3,(H,24,25)(H,26,27). The minimum atomic E-state index is -0.281. The number of anilines is 2. The lowest BCUT2D eigenvalue weighted by Gasteiger charge is -2.10. The maximum atomic E-state index is 12.5.